The van der Waals surface area contributed by atoms with E-state index in [1.807, 2.05) is 48.5 Å². The molecule has 0 spiro atoms. The Morgan fingerprint density at radius 1 is 1.10 bits per heavy atom. The van der Waals surface area contributed by atoms with Crippen molar-refractivity contribution in [2.75, 3.05) is 5.75 Å². The van der Waals surface area contributed by atoms with E-state index in [1.54, 1.807) is 24.3 Å². The number of fused-ring (bicyclic) bond motifs is 1. The first-order valence-electron chi connectivity index (χ1n) is 9.58. The summed E-state index contributed by atoms with van der Waals surface area (Å²) in [5, 5.41) is 15.2. The van der Waals surface area contributed by atoms with Crippen LogP contribution >= 0.6 is 23.4 Å². The summed E-state index contributed by atoms with van der Waals surface area (Å²) in [5.41, 5.74) is 6.04. The molecule has 31 heavy (non-hydrogen) atoms. The number of carbonyl (C=O) groups is 1. The molecule has 1 heterocycles. The number of phenols is 1. The van der Waals surface area contributed by atoms with Gasteiger partial charge in [0.25, 0.3) is 5.91 Å². The van der Waals surface area contributed by atoms with E-state index in [0.29, 0.717) is 17.1 Å². The molecule has 6 nitrogen and oxygen atoms in total. The van der Waals surface area contributed by atoms with Gasteiger partial charge in [0.1, 0.15) is 12.3 Å². The maximum atomic E-state index is 12.3. The molecule has 0 unspecified atom stereocenters. The molecule has 0 aliphatic rings. The van der Waals surface area contributed by atoms with Gasteiger partial charge in [-0.05, 0) is 42.1 Å². The number of imidazole rings is 1. The van der Waals surface area contributed by atoms with Crippen molar-refractivity contribution < 1.29 is 14.5 Å². The molecule has 0 saturated heterocycles. The van der Waals surface area contributed by atoms with Crippen molar-refractivity contribution in [3.63, 3.8) is 0 Å². The number of nitrogens with zero attached hydrogens (tertiary/aromatic N) is 2. The van der Waals surface area contributed by atoms with Crippen molar-refractivity contribution in [2.45, 2.75) is 11.7 Å². The van der Waals surface area contributed by atoms with Crippen LogP contribution in [0.4, 0.5) is 0 Å². The molecule has 0 saturated carbocycles. The molecule has 1 aromatic heterocycles. The monoisotopic (exact) mass is 451 g/mol. The number of hydrogen-bond acceptors (Lipinski definition) is 4. The second-order valence-electron chi connectivity index (χ2n) is 6.77. The number of phenolic OH excluding ortho intramolecular Hbond substituents is 1. The van der Waals surface area contributed by atoms with E-state index in [0.717, 1.165) is 21.8 Å². The first kappa shape index (κ1) is 21.0. The largest absolute Gasteiger partial charge is 0.507 e. The number of hydrazone groups is 1. The molecule has 0 aliphatic heterocycles. The second kappa shape index (κ2) is 9.68. The van der Waals surface area contributed by atoms with Crippen LogP contribution in [0.5, 0.6) is 5.75 Å². The van der Waals surface area contributed by atoms with Gasteiger partial charge >= 0.3 is 5.16 Å². The number of benzene rings is 3. The fourth-order valence-corrected chi connectivity index (χ4v) is 4.14. The highest BCUT2D eigenvalue weighted by Gasteiger charge is 2.21. The summed E-state index contributed by atoms with van der Waals surface area (Å²) in [6, 6.07) is 22.5. The molecule has 0 aliphatic carbocycles. The molecule has 156 valence electrons. The van der Waals surface area contributed by atoms with Crippen LogP contribution in [-0.4, -0.2) is 28.0 Å². The number of H-pyrrole nitrogens is 1. The van der Waals surface area contributed by atoms with Gasteiger partial charge in [-0.1, -0.05) is 54.1 Å². The van der Waals surface area contributed by atoms with E-state index in [2.05, 4.69) is 20.1 Å². The summed E-state index contributed by atoms with van der Waals surface area (Å²) >= 11 is 7.75. The Morgan fingerprint density at radius 3 is 2.68 bits per heavy atom. The lowest BCUT2D eigenvalue weighted by Crippen LogP contribution is -2.36. The molecule has 0 atom stereocenters. The van der Waals surface area contributed by atoms with Crippen molar-refractivity contribution in [3.05, 3.63) is 88.9 Å². The molecule has 3 aromatic carbocycles. The summed E-state index contributed by atoms with van der Waals surface area (Å²) in [4.78, 5) is 15.7. The Bertz CT molecular complexity index is 1260. The second-order valence-corrected chi connectivity index (χ2v) is 8.14. The number of aromatic hydroxyl groups is 1. The van der Waals surface area contributed by atoms with Gasteiger partial charge < -0.3 is 5.11 Å². The summed E-state index contributed by atoms with van der Waals surface area (Å²) in [5.74, 6) is 0.0289. The molecular formula is C23H20ClN4O2S+. The highest BCUT2D eigenvalue weighted by molar-refractivity contribution is 7.99. The third-order valence-electron chi connectivity index (χ3n) is 4.64. The quantitative estimate of drug-likeness (QED) is 0.171. The number of carbonyl (C=O) groups excluding carboxylic acids is 1. The van der Waals surface area contributed by atoms with Crippen molar-refractivity contribution in [3.8, 4) is 5.75 Å². The maximum Gasteiger partial charge on any atom is 0.317 e. The molecule has 4 aromatic rings. The zero-order valence-electron chi connectivity index (χ0n) is 16.5. The van der Waals surface area contributed by atoms with Crippen LogP contribution in [0.1, 0.15) is 11.1 Å². The van der Waals surface area contributed by atoms with Crippen LogP contribution in [0.15, 0.2) is 83.1 Å². The molecule has 4 rings (SSSR count). The van der Waals surface area contributed by atoms with E-state index >= 15 is 0 Å². The van der Waals surface area contributed by atoms with Crippen molar-refractivity contribution in [1.29, 1.82) is 0 Å². The number of amides is 1. The molecule has 0 bridgehead atoms. The zero-order valence-corrected chi connectivity index (χ0v) is 18.0. The van der Waals surface area contributed by atoms with Gasteiger partial charge in [-0.15, -0.1) is 0 Å². The van der Waals surface area contributed by atoms with Crippen molar-refractivity contribution in [2.24, 2.45) is 5.10 Å². The van der Waals surface area contributed by atoms with Gasteiger partial charge in [0.05, 0.1) is 12.0 Å². The Balaban J connectivity index is 1.47. The fourth-order valence-electron chi connectivity index (χ4n) is 3.11. The maximum absolute atomic E-state index is 12.3. The summed E-state index contributed by atoms with van der Waals surface area (Å²) in [7, 11) is 0. The van der Waals surface area contributed by atoms with Crippen molar-refractivity contribution >= 4 is 46.5 Å². The lowest BCUT2D eigenvalue weighted by atomic mass is 10.2. The lowest BCUT2D eigenvalue weighted by Gasteiger charge is -2.04. The molecule has 0 fully saturated rings. The average Bonchev–Trinajstić information content (AvgIpc) is 3.13. The zero-order chi connectivity index (χ0) is 21.6. The molecule has 3 N–H and O–H groups in total. The standard InChI is InChI=1S/C23H19ClN4O2S/c24-18-9-3-1-8-17(18)14-28-20-11-5-4-10-19(20)26-23(28)31-15-22(30)27-25-13-16-7-2-6-12-21(16)29/h1-13H,14-15H2,(H2,25,27,29,30)/p+1. The molecular weight excluding hydrogens is 432 g/mol. The third kappa shape index (κ3) is 5.07. The number of para-hydroxylation sites is 3. The van der Waals surface area contributed by atoms with Crippen LogP contribution in [-0.2, 0) is 11.3 Å². The number of aromatic amines is 1. The number of thioether (sulfide) groups is 1. The Hall–Kier alpha value is -3.29. The van der Waals surface area contributed by atoms with Gasteiger partial charge in [0.15, 0.2) is 11.0 Å². The van der Waals surface area contributed by atoms with E-state index in [4.69, 9.17) is 11.6 Å². The van der Waals surface area contributed by atoms with Gasteiger partial charge in [-0.25, -0.2) is 15.0 Å². The summed E-state index contributed by atoms with van der Waals surface area (Å²) < 4.78 is 2.11. The van der Waals surface area contributed by atoms with E-state index in [9.17, 15) is 9.90 Å². The highest BCUT2D eigenvalue weighted by Crippen LogP contribution is 2.21. The van der Waals surface area contributed by atoms with Crippen LogP contribution in [0.25, 0.3) is 11.0 Å². The smallest absolute Gasteiger partial charge is 0.317 e. The molecule has 0 radical (unpaired) electrons. The van der Waals surface area contributed by atoms with Crippen LogP contribution < -0.4 is 9.99 Å². The topological polar surface area (TPSA) is 81.4 Å². The Morgan fingerprint density at radius 2 is 1.84 bits per heavy atom. The average molecular weight is 452 g/mol. The number of rotatable bonds is 7. The fraction of sp³-hybridized carbons (Fsp3) is 0.0870. The van der Waals surface area contributed by atoms with Gasteiger partial charge in [0, 0.05) is 16.1 Å². The number of aromatic nitrogens is 2. The summed E-state index contributed by atoms with van der Waals surface area (Å²) in [6.45, 7) is 0.582. The van der Waals surface area contributed by atoms with E-state index < -0.39 is 0 Å². The lowest BCUT2D eigenvalue weighted by molar-refractivity contribution is -0.700. The predicted molar refractivity (Wildman–Crippen MR) is 124 cm³/mol. The number of nitrogens with one attached hydrogen (secondary N) is 2. The predicted octanol–water partition coefficient (Wildman–Crippen LogP) is 4.11. The summed E-state index contributed by atoms with van der Waals surface area (Å²) in [6.07, 6.45) is 1.42. The highest BCUT2D eigenvalue weighted by atomic mass is 35.5. The van der Waals surface area contributed by atoms with Crippen LogP contribution in [0, 0.1) is 0 Å². The van der Waals surface area contributed by atoms with Gasteiger partial charge in [-0.2, -0.15) is 5.10 Å². The van der Waals surface area contributed by atoms with Crippen LogP contribution in [0.3, 0.4) is 0 Å². The Kier molecular flexibility index (Phi) is 6.54. The minimum Gasteiger partial charge on any atom is -0.507 e. The first-order valence-corrected chi connectivity index (χ1v) is 10.9. The van der Waals surface area contributed by atoms with Gasteiger partial charge in [-0.3, -0.25) is 4.79 Å². The van der Waals surface area contributed by atoms with Crippen LogP contribution in [0.2, 0.25) is 5.02 Å². The normalized spacial score (nSPS) is 11.3. The molecule has 1 amide bonds. The van der Waals surface area contributed by atoms with Crippen molar-refractivity contribution in [1.82, 2.24) is 10.4 Å². The first-order chi connectivity index (χ1) is 15.1. The molecule has 8 heteroatoms. The minimum atomic E-state index is -0.250. The number of hydrogen-bond donors (Lipinski definition) is 3. The van der Waals surface area contributed by atoms with Gasteiger partial charge in [0.2, 0.25) is 0 Å². The Labute approximate surface area is 188 Å². The SMILES string of the molecule is O=C(CSc1[nH]c2ccccc2[n+]1Cc1ccccc1Cl)NN=Cc1ccccc1O. The van der Waals surface area contributed by atoms with E-state index in [1.165, 1.54) is 18.0 Å². The number of halogens is 1. The minimum absolute atomic E-state index is 0.105. The third-order valence-corrected chi connectivity index (χ3v) is 6.01. The van der Waals surface area contributed by atoms with E-state index in [-0.39, 0.29) is 17.4 Å².